The molecule has 2 heterocycles. The summed E-state index contributed by atoms with van der Waals surface area (Å²) in [5.74, 6) is -0.787. The Hall–Kier alpha value is -2.93. The Kier molecular flexibility index (Phi) is 5.80. The molecule has 1 aromatic carbocycles. The number of amides is 2. The lowest BCUT2D eigenvalue weighted by atomic mass is 10.2. The monoisotopic (exact) mass is 413 g/mol. The lowest BCUT2D eigenvalue weighted by molar-refractivity contribution is -0.117. The van der Waals surface area contributed by atoms with Gasteiger partial charge in [0.1, 0.15) is 5.49 Å². The normalized spacial score (nSPS) is 11.3. The van der Waals surface area contributed by atoms with Crippen LogP contribution in [0.2, 0.25) is 0 Å². The molecular formula is C19H16BrN3O3. The van der Waals surface area contributed by atoms with Gasteiger partial charge in [-0.2, -0.15) is 4.99 Å². The Balaban J connectivity index is 1.69. The topological polar surface area (TPSA) is 76.6 Å². The number of nitrogens with one attached hydrogen (secondary N) is 1. The molecule has 1 N–H and O–H groups in total. The van der Waals surface area contributed by atoms with Crippen LogP contribution in [-0.2, 0) is 11.3 Å². The van der Waals surface area contributed by atoms with Crippen molar-refractivity contribution in [3.63, 3.8) is 0 Å². The summed E-state index contributed by atoms with van der Waals surface area (Å²) < 4.78 is 7.46. The molecule has 0 fully saturated rings. The van der Waals surface area contributed by atoms with Gasteiger partial charge in [0, 0.05) is 12.7 Å². The number of aromatic nitrogens is 1. The molecule has 132 valence electrons. The number of hydrogen-bond donors (Lipinski definition) is 1. The number of furan rings is 1. The molecule has 3 rings (SSSR count). The van der Waals surface area contributed by atoms with Gasteiger partial charge in [0.2, 0.25) is 0 Å². The number of pyridine rings is 1. The number of rotatable bonds is 5. The van der Waals surface area contributed by atoms with Gasteiger partial charge >= 0.3 is 0 Å². The molecular weight excluding hydrogens is 398 g/mol. The Bertz CT molecular complexity index is 977. The van der Waals surface area contributed by atoms with Crippen LogP contribution in [0.5, 0.6) is 0 Å². The highest BCUT2D eigenvalue weighted by atomic mass is 79.9. The molecule has 0 aliphatic heterocycles. The highest BCUT2D eigenvalue weighted by Gasteiger charge is 2.11. The van der Waals surface area contributed by atoms with Crippen molar-refractivity contribution in [2.45, 2.75) is 6.54 Å². The molecule has 7 heteroatoms. The quantitative estimate of drug-likeness (QED) is 0.698. The van der Waals surface area contributed by atoms with E-state index >= 15 is 0 Å². The highest BCUT2D eigenvalue weighted by Crippen LogP contribution is 2.13. The molecule has 0 bridgehead atoms. The van der Waals surface area contributed by atoms with Gasteiger partial charge in [0.25, 0.3) is 11.8 Å². The SMILES string of the molecule is O=C(CNC(=O)c1ccc(Br)o1)N=c1ccccn1Cc1ccccc1. The second-order valence-electron chi connectivity index (χ2n) is 5.46. The van der Waals surface area contributed by atoms with Gasteiger partial charge < -0.3 is 14.3 Å². The number of nitrogens with zero attached hydrogens (tertiary/aromatic N) is 2. The molecule has 3 aromatic rings. The van der Waals surface area contributed by atoms with Crippen molar-refractivity contribution in [1.82, 2.24) is 9.88 Å². The highest BCUT2D eigenvalue weighted by molar-refractivity contribution is 9.10. The van der Waals surface area contributed by atoms with Crippen molar-refractivity contribution in [2.24, 2.45) is 4.99 Å². The zero-order chi connectivity index (χ0) is 18.4. The van der Waals surface area contributed by atoms with Crippen LogP contribution in [0.1, 0.15) is 16.1 Å². The fourth-order valence-electron chi connectivity index (χ4n) is 2.33. The molecule has 0 aliphatic rings. The van der Waals surface area contributed by atoms with Gasteiger partial charge in [0.05, 0.1) is 6.54 Å². The van der Waals surface area contributed by atoms with E-state index < -0.39 is 11.8 Å². The van der Waals surface area contributed by atoms with Gasteiger partial charge in [-0.15, -0.1) is 0 Å². The van der Waals surface area contributed by atoms with Crippen LogP contribution in [0.3, 0.4) is 0 Å². The lowest BCUT2D eigenvalue weighted by Gasteiger charge is -2.07. The standard InChI is InChI=1S/C19H16BrN3O3/c20-16-10-9-15(26-16)19(25)21-12-18(24)22-17-8-4-5-11-23(17)13-14-6-2-1-3-7-14/h1-11H,12-13H2,(H,21,25). The first-order valence-electron chi connectivity index (χ1n) is 7.92. The third-order valence-corrected chi connectivity index (χ3v) is 3.98. The second-order valence-corrected chi connectivity index (χ2v) is 6.25. The molecule has 2 amide bonds. The van der Waals surface area contributed by atoms with E-state index in [-0.39, 0.29) is 12.3 Å². The van der Waals surface area contributed by atoms with E-state index in [1.54, 1.807) is 12.1 Å². The first kappa shape index (κ1) is 17.9. The average Bonchev–Trinajstić information content (AvgIpc) is 3.09. The second kappa shape index (κ2) is 8.44. The Morgan fingerprint density at radius 3 is 2.54 bits per heavy atom. The van der Waals surface area contributed by atoms with Gasteiger partial charge in [-0.05, 0) is 45.8 Å². The molecule has 0 saturated heterocycles. The lowest BCUT2D eigenvalue weighted by Crippen LogP contribution is -2.30. The van der Waals surface area contributed by atoms with E-state index in [2.05, 4.69) is 26.2 Å². The number of carbonyl (C=O) groups is 2. The predicted molar refractivity (Wildman–Crippen MR) is 99.3 cm³/mol. The minimum absolute atomic E-state index is 0.128. The van der Waals surface area contributed by atoms with E-state index in [9.17, 15) is 9.59 Å². The van der Waals surface area contributed by atoms with Crippen LogP contribution < -0.4 is 10.8 Å². The summed E-state index contributed by atoms with van der Waals surface area (Å²) in [6.45, 7) is 0.387. The first-order valence-corrected chi connectivity index (χ1v) is 8.71. The van der Waals surface area contributed by atoms with Crippen LogP contribution in [0.15, 0.2) is 80.9 Å². The molecule has 6 nitrogen and oxygen atoms in total. The maximum atomic E-state index is 12.1. The molecule has 0 saturated carbocycles. The predicted octanol–water partition coefficient (Wildman–Crippen LogP) is 2.75. The van der Waals surface area contributed by atoms with Crippen LogP contribution in [0.25, 0.3) is 0 Å². The summed E-state index contributed by atoms with van der Waals surface area (Å²) in [4.78, 5) is 28.1. The fourth-order valence-corrected chi connectivity index (χ4v) is 2.64. The number of benzene rings is 1. The Morgan fingerprint density at radius 2 is 1.81 bits per heavy atom. The maximum absolute atomic E-state index is 12.1. The summed E-state index contributed by atoms with van der Waals surface area (Å²) in [6, 6.07) is 18.5. The largest absolute Gasteiger partial charge is 0.444 e. The van der Waals surface area contributed by atoms with Crippen LogP contribution in [0.4, 0.5) is 0 Å². The van der Waals surface area contributed by atoms with Gasteiger partial charge in [-0.25, -0.2) is 0 Å². The smallest absolute Gasteiger partial charge is 0.287 e. The molecule has 0 spiro atoms. The van der Waals surface area contributed by atoms with Crippen LogP contribution in [-0.4, -0.2) is 22.9 Å². The van der Waals surface area contributed by atoms with E-state index in [1.807, 2.05) is 53.2 Å². The van der Waals surface area contributed by atoms with Crippen molar-refractivity contribution >= 4 is 27.7 Å². The number of carbonyl (C=O) groups excluding carboxylic acids is 2. The molecule has 26 heavy (non-hydrogen) atoms. The minimum Gasteiger partial charge on any atom is -0.444 e. The minimum atomic E-state index is -0.468. The zero-order valence-electron chi connectivity index (χ0n) is 13.8. The molecule has 0 aliphatic carbocycles. The number of halogens is 1. The fraction of sp³-hybridized carbons (Fsp3) is 0.105. The molecule has 0 radical (unpaired) electrons. The summed E-state index contributed by atoms with van der Waals surface area (Å²) in [7, 11) is 0. The summed E-state index contributed by atoms with van der Waals surface area (Å²) in [6.07, 6.45) is 1.86. The van der Waals surface area contributed by atoms with E-state index in [0.717, 1.165) is 5.56 Å². The summed E-state index contributed by atoms with van der Waals surface area (Å²) in [5, 5.41) is 2.50. The van der Waals surface area contributed by atoms with Crippen LogP contribution >= 0.6 is 15.9 Å². The van der Waals surface area contributed by atoms with Gasteiger partial charge in [-0.1, -0.05) is 36.4 Å². The van der Waals surface area contributed by atoms with Gasteiger partial charge in [-0.3, -0.25) is 9.59 Å². The zero-order valence-corrected chi connectivity index (χ0v) is 15.3. The van der Waals surface area contributed by atoms with E-state index in [4.69, 9.17) is 4.42 Å². The van der Waals surface area contributed by atoms with Crippen molar-refractivity contribution in [3.05, 3.63) is 88.3 Å². The number of hydrogen-bond acceptors (Lipinski definition) is 3. The van der Waals surface area contributed by atoms with Crippen molar-refractivity contribution < 1.29 is 14.0 Å². The Labute approximate surface area is 158 Å². The molecule has 0 unspecified atom stereocenters. The van der Waals surface area contributed by atoms with Gasteiger partial charge in [0.15, 0.2) is 10.4 Å². The van der Waals surface area contributed by atoms with Crippen molar-refractivity contribution in [3.8, 4) is 0 Å². The first-order chi connectivity index (χ1) is 12.6. The summed E-state index contributed by atoms with van der Waals surface area (Å²) in [5.41, 5.74) is 1.63. The molecule has 0 atom stereocenters. The average molecular weight is 414 g/mol. The molecule has 2 aromatic heterocycles. The Morgan fingerprint density at radius 1 is 1.04 bits per heavy atom. The van der Waals surface area contributed by atoms with E-state index in [0.29, 0.717) is 16.7 Å². The van der Waals surface area contributed by atoms with E-state index in [1.165, 1.54) is 6.07 Å². The maximum Gasteiger partial charge on any atom is 0.287 e. The van der Waals surface area contributed by atoms with Crippen LogP contribution in [0, 0.1) is 0 Å². The van der Waals surface area contributed by atoms with Crippen molar-refractivity contribution in [1.29, 1.82) is 0 Å². The van der Waals surface area contributed by atoms with Crippen molar-refractivity contribution in [2.75, 3.05) is 6.54 Å². The third-order valence-electron chi connectivity index (χ3n) is 3.55. The summed E-state index contributed by atoms with van der Waals surface area (Å²) >= 11 is 3.12. The third kappa shape index (κ3) is 4.80.